The maximum atomic E-state index is 10.6. The van der Waals surface area contributed by atoms with Gasteiger partial charge in [-0.05, 0) is 66.8 Å². The SMILES string of the molecule is C=C1C(C)CCCC1Sc1ccc(Sc2ccc(/C=C/C(=O)O)cc2)cc1. The van der Waals surface area contributed by atoms with Gasteiger partial charge in [-0.15, -0.1) is 11.8 Å². The molecular formula is C23H24O2S2. The van der Waals surface area contributed by atoms with Crippen molar-refractivity contribution in [2.24, 2.45) is 5.92 Å². The molecule has 0 bridgehead atoms. The molecule has 0 radical (unpaired) electrons. The number of rotatable bonds is 6. The van der Waals surface area contributed by atoms with Gasteiger partial charge in [-0.2, -0.15) is 0 Å². The predicted molar refractivity (Wildman–Crippen MR) is 115 cm³/mol. The highest BCUT2D eigenvalue weighted by Crippen LogP contribution is 2.39. The Morgan fingerprint density at radius 1 is 1.04 bits per heavy atom. The lowest BCUT2D eigenvalue weighted by Gasteiger charge is -2.29. The minimum absolute atomic E-state index is 0.540. The molecule has 1 aliphatic rings. The normalized spacial score (nSPS) is 20.1. The van der Waals surface area contributed by atoms with E-state index in [4.69, 9.17) is 5.11 Å². The Bertz CT molecular complexity index is 822. The van der Waals surface area contributed by atoms with Crippen molar-refractivity contribution in [3.8, 4) is 0 Å². The van der Waals surface area contributed by atoms with Gasteiger partial charge in [0.2, 0.25) is 0 Å². The maximum Gasteiger partial charge on any atom is 0.328 e. The van der Waals surface area contributed by atoms with Crippen LogP contribution < -0.4 is 0 Å². The first-order valence-electron chi connectivity index (χ1n) is 9.15. The van der Waals surface area contributed by atoms with Crippen LogP contribution >= 0.6 is 23.5 Å². The van der Waals surface area contributed by atoms with E-state index in [1.165, 1.54) is 34.6 Å². The number of thioether (sulfide) groups is 1. The van der Waals surface area contributed by atoms with E-state index in [1.807, 2.05) is 36.0 Å². The van der Waals surface area contributed by atoms with Crippen LogP contribution in [0.25, 0.3) is 6.08 Å². The molecule has 1 saturated carbocycles. The Hall–Kier alpha value is -1.91. The van der Waals surface area contributed by atoms with Gasteiger partial charge < -0.3 is 5.11 Å². The lowest BCUT2D eigenvalue weighted by Crippen LogP contribution is -2.18. The molecule has 0 saturated heterocycles. The predicted octanol–water partition coefficient (Wildman–Crippen LogP) is 6.77. The molecule has 27 heavy (non-hydrogen) atoms. The Labute approximate surface area is 169 Å². The number of hydrogen-bond acceptors (Lipinski definition) is 3. The van der Waals surface area contributed by atoms with Gasteiger partial charge in [0.25, 0.3) is 0 Å². The van der Waals surface area contributed by atoms with Crippen LogP contribution in [-0.2, 0) is 4.79 Å². The van der Waals surface area contributed by atoms with Crippen LogP contribution in [0.15, 0.2) is 81.4 Å². The van der Waals surface area contributed by atoms with E-state index in [9.17, 15) is 4.79 Å². The first-order chi connectivity index (χ1) is 13.0. The van der Waals surface area contributed by atoms with E-state index in [0.717, 1.165) is 16.5 Å². The molecule has 2 atom stereocenters. The molecule has 2 nitrogen and oxygen atoms in total. The summed E-state index contributed by atoms with van der Waals surface area (Å²) in [6.07, 6.45) is 6.55. The van der Waals surface area contributed by atoms with Crippen LogP contribution in [0.2, 0.25) is 0 Å². The average Bonchev–Trinajstić information content (AvgIpc) is 2.66. The van der Waals surface area contributed by atoms with Crippen LogP contribution in [-0.4, -0.2) is 16.3 Å². The van der Waals surface area contributed by atoms with Gasteiger partial charge in [0.05, 0.1) is 0 Å². The number of benzene rings is 2. The molecule has 4 heteroatoms. The number of carbonyl (C=O) groups is 1. The molecule has 1 N–H and O–H groups in total. The zero-order valence-corrected chi connectivity index (χ0v) is 17.1. The molecule has 0 spiro atoms. The Morgan fingerprint density at radius 3 is 2.26 bits per heavy atom. The van der Waals surface area contributed by atoms with Crippen molar-refractivity contribution < 1.29 is 9.90 Å². The van der Waals surface area contributed by atoms with Crippen LogP contribution in [0.1, 0.15) is 31.7 Å². The molecule has 0 aliphatic heterocycles. The molecule has 2 unspecified atom stereocenters. The minimum atomic E-state index is -0.933. The van der Waals surface area contributed by atoms with Gasteiger partial charge in [0.1, 0.15) is 0 Å². The molecule has 0 amide bonds. The van der Waals surface area contributed by atoms with Gasteiger partial charge in [0, 0.05) is 26.0 Å². The summed E-state index contributed by atoms with van der Waals surface area (Å²) in [4.78, 5) is 14.2. The number of carboxylic acids is 1. The largest absolute Gasteiger partial charge is 0.478 e. The summed E-state index contributed by atoms with van der Waals surface area (Å²) >= 11 is 3.65. The summed E-state index contributed by atoms with van der Waals surface area (Å²) in [7, 11) is 0. The minimum Gasteiger partial charge on any atom is -0.478 e. The van der Waals surface area contributed by atoms with Crippen molar-refractivity contribution in [2.75, 3.05) is 0 Å². The summed E-state index contributed by atoms with van der Waals surface area (Å²) in [6.45, 7) is 6.60. The van der Waals surface area contributed by atoms with Gasteiger partial charge >= 0.3 is 5.97 Å². The lowest BCUT2D eigenvalue weighted by molar-refractivity contribution is -0.131. The van der Waals surface area contributed by atoms with Crippen molar-refractivity contribution in [1.29, 1.82) is 0 Å². The van der Waals surface area contributed by atoms with Crippen LogP contribution in [0.4, 0.5) is 0 Å². The molecule has 1 aliphatic carbocycles. The zero-order valence-electron chi connectivity index (χ0n) is 15.4. The molecule has 1 fully saturated rings. The second-order valence-corrected chi connectivity index (χ2v) is 9.25. The van der Waals surface area contributed by atoms with E-state index in [2.05, 4.69) is 37.8 Å². The lowest BCUT2D eigenvalue weighted by atomic mass is 9.86. The fourth-order valence-corrected chi connectivity index (χ4v) is 5.24. The first-order valence-corrected chi connectivity index (χ1v) is 10.9. The van der Waals surface area contributed by atoms with Gasteiger partial charge in [-0.1, -0.05) is 49.4 Å². The molecule has 0 aromatic heterocycles. The quantitative estimate of drug-likeness (QED) is 0.432. The highest BCUT2D eigenvalue weighted by atomic mass is 32.2. The van der Waals surface area contributed by atoms with Crippen LogP contribution in [0.3, 0.4) is 0 Å². The summed E-state index contributed by atoms with van der Waals surface area (Å²) in [5.41, 5.74) is 2.28. The van der Waals surface area contributed by atoms with Crippen molar-refractivity contribution >= 4 is 35.6 Å². The molecular weight excluding hydrogens is 372 g/mol. The summed E-state index contributed by atoms with van der Waals surface area (Å²) in [5, 5.41) is 9.22. The van der Waals surface area contributed by atoms with Crippen molar-refractivity contribution in [2.45, 2.75) is 46.1 Å². The molecule has 2 aromatic rings. The van der Waals surface area contributed by atoms with Gasteiger partial charge in [-0.25, -0.2) is 4.79 Å². The van der Waals surface area contributed by atoms with Crippen molar-refractivity contribution in [3.63, 3.8) is 0 Å². The van der Waals surface area contributed by atoms with Crippen molar-refractivity contribution in [1.82, 2.24) is 0 Å². The topological polar surface area (TPSA) is 37.3 Å². The highest BCUT2D eigenvalue weighted by Gasteiger charge is 2.23. The number of hydrogen-bond donors (Lipinski definition) is 1. The molecule has 3 rings (SSSR count). The van der Waals surface area contributed by atoms with E-state index in [0.29, 0.717) is 11.2 Å². The van der Waals surface area contributed by atoms with E-state index < -0.39 is 5.97 Å². The molecule has 2 aromatic carbocycles. The van der Waals surface area contributed by atoms with E-state index in [-0.39, 0.29) is 0 Å². The monoisotopic (exact) mass is 396 g/mol. The highest BCUT2D eigenvalue weighted by molar-refractivity contribution is 8.00. The number of carboxylic acid groups (broad SMARTS) is 1. The summed E-state index contributed by atoms with van der Waals surface area (Å²) in [6, 6.07) is 16.6. The van der Waals surface area contributed by atoms with Crippen molar-refractivity contribution in [3.05, 3.63) is 72.3 Å². The Morgan fingerprint density at radius 2 is 1.63 bits per heavy atom. The fourth-order valence-electron chi connectivity index (χ4n) is 3.13. The Balaban J connectivity index is 1.59. The summed E-state index contributed by atoms with van der Waals surface area (Å²) in [5.74, 6) is -0.294. The third-order valence-corrected chi connectivity index (χ3v) is 7.17. The van der Waals surface area contributed by atoms with E-state index >= 15 is 0 Å². The maximum absolute atomic E-state index is 10.6. The second-order valence-electron chi connectivity index (χ2n) is 6.83. The second kappa shape index (κ2) is 9.34. The average molecular weight is 397 g/mol. The number of aliphatic carboxylic acids is 1. The smallest absolute Gasteiger partial charge is 0.328 e. The molecule has 140 valence electrons. The Kier molecular flexibility index (Phi) is 6.86. The van der Waals surface area contributed by atoms with E-state index in [1.54, 1.807) is 17.8 Å². The van der Waals surface area contributed by atoms with Gasteiger partial charge in [-0.3, -0.25) is 0 Å². The van der Waals surface area contributed by atoms with Gasteiger partial charge in [0.15, 0.2) is 0 Å². The fraction of sp³-hybridized carbons (Fsp3) is 0.261. The summed E-state index contributed by atoms with van der Waals surface area (Å²) < 4.78 is 0. The zero-order chi connectivity index (χ0) is 19.2. The van der Waals surface area contributed by atoms with Crippen LogP contribution in [0, 0.1) is 5.92 Å². The van der Waals surface area contributed by atoms with Crippen LogP contribution in [0.5, 0.6) is 0 Å². The third kappa shape index (κ3) is 5.78. The third-order valence-electron chi connectivity index (χ3n) is 4.79. The molecule has 0 heterocycles. The first kappa shape index (κ1) is 19.8. The standard InChI is InChI=1S/C23H24O2S2/c1-16-4-3-5-22(17(16)2)27-21-13-11-20(12-14-21)26-19-9-6-18(7-10-19)8-15-23(24)25/h6-16,22H,2-5H2,1H3,(H,24,25)/b15-8+.